The highest BCUT2D eigenvalue weighted by Crippen LogP contribution is 2.24. The summed E-state index contributed by atoms with van der Waals surface area (Å²) in [6, 6.07) is 5.45. The Kier molecular flexibility index (Phi) is 5.96. The van der Waals surface area contributed by atoms with Crippen molar-refractivity contribution in [2.75, 3.05) is 24.5 Å². The van der Waals surface area contributed by atoms with Crippen molar-refractivity contribution < 1.29 is 9.50 Å². The summed E-state index contributed by atoms with van der Waals surface area (Å²) in [5.74, 6) is -0.238. The molecule has 0 spiro atoms. The molecule has 0 aliphatic carbocycles. The molecule has 0 fully saturated rings. The van der Waals surface area contributed by atoms with Gasteiger partial charge in [-0.15, -0.1) is 0 Å². The first-order chi connectivity index (χ1) is 9.28. The molecular weight excluding hydrogens is 255 g/mol. The lowest BCUT2D eigenvalue weighted by atomic mass is 10.1. The van der Waals surface area contributed by atoms with Crippen molar-refractivity contribution in [3.63, 3.8) is 0 Å². The summed E-state index contributed by atoms with van der Waals surface area (Å²) >= 11 is 0. The fraction of sp³-hybridized carbons (Fsp3) is 0.625. The number of anilines is 1. The number of aliphatic hydroxyl groups is 1. The predicted octanol–water partition coefficient (Wildman–Crippen LogP) is 3.09. The summed E-state index contributed by atoms with van der Waals surface area (Å²) in [5, 5.41) is 13.2. The van der Waals surface area contributed by atoms with E-state index in [9.17, 15) is 9.50 Å². The van der Waals surface area contributed by atoms with E-state index in [4.69, 9.17) is 0 Å². The van der Waals surface area contributed by atoms with Crippen molar-refractivity contribution >= 4 is 5.69 Å². The normalized spacial score (nSPS) is 13.3. The lowest BCUT2D eigenvalue weighted by Crippen LogP contribution is -2.39. The second kappa shape index (κ2) is 7.04. The maximum Gasteiger partial charge on any atom is 0.146 e. The van der Waals surface area contributed by atoms with Gasteiger partial charge >= 0.3 is 0 Å². The molecule has 1 atom stereocenters. The highest BCUT2D eigenvalue weighted by molar-refractivity contribution is 5.49. The molecule has 0 bridgehead atoms. The molecule has 1 unspecified atom stereocenters. The van der Waals surface area contributed by atoms with E-state index in [2.05, 4.69) is 5.32 Å². The standard InChI is InChI=1S/C16H27FN2O/c1-6-18-12(3)13-8-9-15(14(17)10-13)19(7-2)11-16(4,5)20/h8-10,12,18,20H,6-7,11H2,1-5H3. The average molecular weight is 282 g/mol. The molecule has 0 saturated heterocycles. The lowest BCUT2D eigenvalue weighted by molar-refractivity contribution is 0.0874. The molecule has 114 valence electrons. The summed E-state index contributed by atoms with van der Waals surface area (Å²) in [4.78, 5) is 1.86. The van der Waals surface area contributed by atoms with E-state index in [1.54, 1.807) is 26.0 Å². The van der Waals surface area contributed by atoms with Gasteiger partial charge in [0.05, 0.1) is 11.3 Å². The molecule has 2 N–H and O–H groups in total. The maximum atomic E-state index is 14.3. The van der Waals surface area contributed by atoms with E-state index in [1.165, 1.54) is 0 Å². The van der Waals surface area contributed by atoms with Crippen molar-refractivity contribution in [2.24, 2.45) is 0 Å². The quantitative estimate of drug-likeness (QED) is 0.806. The van der Waals surface area contributed by atoms with Crippen LogP contribution >= 0.6 is 0 Å². The molecule has 3 nitrogen and oxygen atoms in total. The molecule has 0 saturated carbocycles. The van der Waals surface area contributed by atoms with E-state index < -0.39 is 5.60 Å². The molecule has 20 heavy (non-hydrogen) atoms. The molecule has 1 aromatic carbocycles. The summed E-state index contributed by atoms with van der Waals surface area (Å²) in [5.41, 5.74) is 0.632. The van der Waals surface area contributed by atoms with Crippen LogP contribution in [0.15, 0.2) is 18.2 Å². The minimum absolute atomic E-state index is 0.132. The SMILES string of the molecule is CCNC(C)c1ccc(N(CC)CC(C)(C)O)c(F)c1. The Morgan fingerprint density at radius 2 is 2.00 bits per heavy atom. The van der Waals surface area contributed by atoms with Crippen LogP contribution in [0.2, 0.25) is 0 Å². The van der Waals surface area contributed by atoms with Crippen molar-refractivity contribution in [2.45, 2.75) is 46.3 Å². The first kappa shape index (κ1) is 16.9. The number of hydrogen-bond acceptors (Lipinski definition) is 3. The Balaban J connectivity index is 2.96. The van der Waals surface area contributed by atoms with Crippen LogP contribution < -0.4 is 10.2 Å². The van der Waals surface area contributed by atoms with Crippen LogP contribution in [0, 0.1) is 5.82 Å². The van der Waals surface area contributed by atoms with E-state index in [1.807, 2.05) is 31.7 Å². The molecule has 1 rings (SSSR count). The van der Waals surface area contributed by atoms with E-state index in [-0.39, 0.29) is 11.9 Å². The van der Waals surface area contributed by atoms with Gasteiger partial charge in [0.25, 0.3) is 0 Å². The van der Waals surface area contributed by atoms with Crippen molar-refractivity contribution in [3.8, 4) is 0 Å². The summed E-state index contributed by atoms with van der Waals surface area (Å²) in [6.45, 7) is 11.4. The molecule has 0 aliphatic rings. The van der Waals surface area contributed by atoms with Gasteiger partial charge in [0, 0.05) is 19.1 Å². The second-order valence-electron chi connectivity index (χ2n) is 5.82. The number of hydrogen-bond donors (Lipinski definition) is 2. The Bertz CT molecular complexity index is 429. The molecular formula is C16H27FN2O. The molecule has 1 aromatic rings. The van der Waals surface area contributed by atoms with E-state index >= 15 is 0 Å². The van der Waals surface area contributed by atoms with Crippen molar-refractivity contribution in [1.29, 1.82) is 0 Å². The van der Waals surface area contributed by atoms with Gasteiger partial charge in [0.2, 0.25) is 0 Å². The highest BCUT2D eigenvalue weighted by atomic mass is 19.1. The Hall–Kier alpha value is -1.13. The van der Waals surface area contributed by atoms with Gasteiger partial charge in [0.15, 0.2) is 0 Å². The number of rotatable bonds is 7. The lowest BCUT2D eigenvalue weighted by Gasteiger charge is -2.30. The minimum Gasteiger partial charge on any atom is -0.389 e. The smallest absolute Gasteiger partial charge is 0.146 e. The number of likely N-dealkylation sites (N-methyl/N-ethyl adjacent to an activating group) is 1. The fourth-order valence-electron chi connectivity index (χ4n) is 2.31. The first-order valence-electron chi connectivity index (χ1n) is 7.28. The fourth-order valence-corrected chi connectivity index (χ4v) is 2.31. The van der Waals surface area contributed by atoms with Crippen molar-refractivity contribution in [3.05, 3.63) is 29.6 Å². The minimum atomic E-state index is -0.849. The third kappa shape index (κ3) is 4.76. The Labute approximate surface area is 121 Å². The second-order valence-corrected chi connectivity index (χ2v) is 5.82. The number of benzene rings is 1. The Morgan fingerprint density at radius 1 is 1.35 bits per heavy atom. The maximum absolute atomic E-state index is 14.3. The van der Waals surface area contributed by atoms with Crippen LogP contribution in [-0.4, -0.2) is 30.3 Å². The van der Waals surface area contributed by atoms with Crippen molar-refractivity contribution in [1.82, 2.24) is 5.32 Å². The Morgan fingerprint density at radius 3 is 2.45 bits per heavy atom. The topological polar surface area (TPSA) is 35.5 Å². The van der Waals surface area contributed by atoms with Gasteiger partial charge in [-0.3, -0.25) is 0 Å². The third-order valence-corrected chi connectivity index (χ3v) is 3.28. The molecule has 0 aromatic heterocycles. The van der Waals surface area contributed by atoms with Gasteiger partial charge in [-0.2, -0.15) is 0 Å². The van der Waals surface area contributed by atoms with Crippen LogP contribution in [0.5, 0.6) is 0 Å². The zero-order valence-corrected chi connectivity index (χ0v) is 13.2. The average Bonchev–Trinajstić information content (AvgIpc) is 2.35. The van der Waals surface area contributed by atoms with E-state index in [0.717, 1.165) is 12.1 Å². The molecule has 0 radical (unpaired) electrons. The van der Waals surface area contributed by atoms with Crippen LogP contribution in [0.4, 0.5) is 10.1 Å². The number of halogens is 1. The van der Waals surface area contributed by atoms with Gasteiger partial charge in [-0.05, 0) is 51.9 Å². The molecule has 0 heterocycles. The first-order valence-corrected chi connectivity index (χ1v) is 7.28. The zero-order chi connectivity index (χ0) is 15.3. The van der Waals surface area contributed by atoms with Crippen LogP contribution in [0.3, 0.4) is 0 Å². The van der Waals surface area contributed by atoms with Gasteiger partial charge in [-0.25, -0.2) is 4.39 Å². The largest absolute Gasteiger partial charge is 0.389 e. The van der Waals surface area contributed by atoms with Crippen LogP contribution in [0.25, 0.3) is 0 Å². The van der Waals surface area contributed by atoms with Gasteiger partial charge in [-0.1, -0.05) is 13.0 Å². The monoisotopic (exact) mass is 282 g/mol. The summed E-state index contributed by atoms with van der Waals surface area (Å²) in [6.07, 6.45) is 0. The van der Waals surface area contributed by atoms with E-state index in [0.29, 0.717) is 18.8 Å². The molecule has 0 aliphatic heterocycles. The molecule has 4 heteroatoms. The highest BCUT2D eigenvalue weighted by Gasteiger charge is 2.20. The number of nitrogens with zero attached hydrogens (tertiary/aromatic N) is 1. The van der Waals surface area contributed by atoms with Crippen LogP contribution in [-0.2, 0) is 0 Å². The zero-order valence-electron chi connectivity index (χ0n) is 13.2. The third-order valence-electron chi connectivity index (χ3n) is 3.28. The van der Waals surface area contributed by atoms with Crippen LogP contribution in [0.1, 0.15) is 46.2 Å². The molecule has 0 amide bonds. The predicted molar refractivity (Wildman–Crippen MR) is 82.7 cm³/mol. The van der Waals surface area contributed by atoms with Gasteiger partial charge in [0.1, 0.15) is 5.82 Å². The van der Waals surface area contributed by atoms with Gasteiger partial charge < -0.3 is 15.3 Å². The summed E-state index contributed by atoms with van der Waals surface area (Å²) in [7, 11) is 0. The summed E-state index contributed by atoms with van der Waals surface area (Å²) < 4.78 is 14.3. The number of nitrogens with one attached hydrogen (secondary N) is 1.